The van der Waals surface area contributed by atoms with Gasteiger partial charge in [0.05, 0.1) is 0 Å². The maximum Gasteiger partial charge on any atom is 0.339 e. The summed E-state index contributed by atoms with van der Waals surface area (Å²) in [7, 11) is 0. The Morgan fingerprint density at radius 2 is 1.91 bits per heavy atom. The van der Waals surface area contributed by atoms with Crippen molar-refractivity contribution in [3.05, 3.63) is 71.3 Å². The van der Waals surface area contributed by atoms with Crippen LogP contribution in [0.5, 0.6) is 5.75 Å². The first-order chi connectivity index (χ1) is 11.1. The fourth-order valence-corrected chi connectivity index (χ4v) is 2.32. The third kappa shape index (κ3) is 4.97. The number of carbonyl (C=O) groups is 1. The molecule has 0 saturated carbocycles. The molecule has 4 nitrogen and oxygen atoms in total. The van der Waals surface area contributed by atoms with Gasteiger partial charge in [0, 0.05) is 13.1 Å². The zero-order chi connectivity index (χ0) is 16.7. The van der Waals surface area contributed by atoms with Gasteiger partial charge in [-0.15, -0.1) is 0 Å². The minimum atomic E-state index is -1.11. The molecule has 0 aromatic heterocycles. The van der Waals surface area contributed by atoms with E-state index in [-0.39, 0.29) is 11.3 Å². The van der Waals surface area contributed by atoms with Crippen LogP contribution < -0.4 is 0 Å². The van der Waals surface area contributed by atoms with Gasteiger partial charge < -0.3 is 10.2 Å². The summed E-state index contributed by atoms with van der Waals surface area (Å²) in [6.07, 6.45) is 4.17. The number of aromatic hydroxyl groups is 1. The Labute approximate surface area is 136 Å². The summed E-state index contributed by atoms with van der Waals surface area (Å²) in [6, 6.07) is 14.8. The molecule has 0 amide bonds. The highest BCUT2D eigenvalue weighted by Crippen LogP contribution is 2.19. The molecule has 0 atom stereocenters. The second-order valence-corrected chi connectivity index (χ2v) is 5.30. The molecule has 0 heterocycles. The first-order valence-electron chi connectivity index (χ1n) is 7.59. The normalized spacial score (nSPS) is 11.2. The number of phenols is 1. The van der Waals surface area contributed by atoms with Crippen LogP contribution in [0.4, 0.5) is 0 Å². The molecule has 0 spiro atoms. The Morgan fingerprint density at radius 3 is 2.57 bits per heavy atom. The van der Waals surface area contributed by atoms with Gasteiger partial charge in [-0.2, -0.15) is 0 Å². The Bertz CT molecular complexity index is 680. The molecule has 0 unspecified atom stereocenters. The predicted octanol–water partition coefficient (Wildman–Crippen LogP) is 3.63. The summed E-state index contributed by atoms with van der Waals surface area (Å²) < 4.78 is 0. The van der Waals surface area contributed by atoms with E-state index in [4.69, 9.17) is 5.11 Å². The van der Waals surface area contributed by atoms with Crippen LogP contribution in [-0.4, -0.2) is 34.2 Å². The predicted molar refractivity (Wildman–Crippen MR) is 91.5 cm³/mol. The molecular formula is C19H21NO3. The molecule has 0 bridgehead atoms. The zero-order valence-electron chi connectivity index (χ0n) is 13.1. The van der Waals surface area contributed by atoms with Crippen LogP contribution in [0, 0.1) is 0 Å². The number of nitrogens with zero attached hydrogens (tertiary/aromatic N) is 1. The summed E-state index contributed by atoms with van der Waals surface area (Å²) >= 11 is 0. The fourth-order valence-electron chi connectivity index (χ4n) is 2.32. The van der Waals surface area contributed by atoms with E-state index in [9.17, 15) is 9.90 Å². The smallest absolute Gasteiger partial charge is 0.339 e. The molecule has 4 heteroatoms. The highest BCUT2D eigenvalue weighted by atomic mass is 16.4. The number of benzene rings is 2. The van der Waals surface area contributed by atoms with E-state index in [1.807, 2.05) is 30.3 Å². The number of carboxylic acid groups (broad SMARTS) is 1. The SMILES string of the molecule is CCN(CC=Cc1ccccc1)Cc1ccc(O)c(C(=O)O)c1. The van der Waals surface area contributed by atoms with Crippen LogP contribution in [0.3, 0.4) is 0 Å². The van der Waals surface area contributed by atoms with E-state index in [1.165, 1.54) is 12.1 Å². The Hall–Kier alpha value is -2.59. The Morgan fingerprint density at radius 1 is 1.17 bits per heavy atom. The van der Waals surface area contributed by atoms with Crippen molar-refractivity contribution < 1.29 is 15.0 Å². The van der Waals surface area contributed by atoms with E-state index in [2.05, 4.69) is 24.0 Å². The molecule has 0 fully saturated rings. The second kappa shape index (κ2) is 8.15. The molecule has 23 heavy (non-hydrogen) atoms. The van der Waals surface area contributed by atoms with Crippen molar-refractivity contribution in [1.29, 1.82) is 0 Å². The number of likely N-dealkylation sites (N-methyl/N-ethyl adjacent to an activating group) is 1. The second-order valence-electron chi connectivity index (χ2n) is 5.30. The number of rotatable bonds is 7. The molecule has 120 valence electrons. The quantitative estimate of drug-likeness (QED) is 0.820. The minimum absolute atomic E-state index is 0.0571. The molecule has 2 aromatic carbocycles. The van der Waals surface area contributed by atoms with Crippen LogP contribution in [0.25, 0.3) is 6.08 Å². The fraction of sp³-hybridized carbons (Fsp3) is 0.211. The third-order valence-electron chi connectivity index (χ3n) is 3.62. The van der Waals surface area contributed by atoms with Gasteiger partial charge in [0.2, 0.25) is 0 Å². The van der Waals surface area contributed by atoms with E-state index in [0.717, 1.165) is 24.2 Å². The highest BCUT2D eigenvalue weighted by molar-refractivity contribution is 5.90. The van der Waals surface area contributed by atoms with Crippen molar-refractivity contribution in [2.24, 2.45) is 0 Å². The highest BCUT2D eigenvalue weighted by Gasteiger charge is 2.11. The van der Waals surface area contributed by atoms with Crippen molar-refractivity contribution in [1.82, 2.24) is 4.90 Å². The minimum Gasteiger partial charge on any atom is -0.507 e. The number of hydrogen-bond donors (Lipinski definition) is 2. The van der Waals surface area contributed by atoms with E-state index in [1.54, 1.807) is 6.07 Å². The lowest BCUT2D eigenvalue weighted by Crippen LogP contribution is -2.23. The molecule has 0 saturated heterocycles. The largest absolute Gasteiger partial charge is 0.507 e. The lowest BCUT2D eigenvalue weighted by atomic mass is 10.1. The molecule has 0 aliphatic heterocycles. The van der Waals surface area contributed by atoms with Crippen molar-refractivity contribution in [3.63, 3.8) is 0 Å². The van der Waals surface area contributed by atoms with Crippen molar-refractivity contribution in [3.8, 4) is 5.75 Å². The van der Waals surface area contributed by atoms with Gasteiger partial charge in [-0.3, -0.25) is 4.90 Å². The van der Waals surface area contributed by atoms with Gasteiger partial charge in [-0.25, -0.2) is 4.79 Å². The van der Waals surface area contributed by atoms with Crippen molar-refractivity contribution in [2.45, 2.75) is 13.5 Å². The first kappa shape index (κ1) is 16.8. The standard InChI is InChI=1S/C19H21NO3/c1-2-20(12-6-9-15-7-4-3-5-8-15)14-16-10-11-18(21)17(13-16)19(22)23/h3-11,13,21H,2,12,14H2,1H3,(H,22,23). The lowest BCUT2D eigenvalue weighted by Gasteiger charge is -2.19. The zero-order valence-corrected chi connectivity index (χ0v) is 13.1. The summed E-state index contributed by atoms with van der Waals surface area (Å²) in [4.78, 5) is 13.3. The third-order valence-corrected chi connectivity index (χ3v) is 3.62. The average molecular weight is 311 g/mol. The molecular weight excluding hydrogens is 290 g/mol. The van der Waals surface area contributed by atoms with E-state index >= 15 is 0 Å². The molecule has 2 rings (SSSR count). The first-order valence-corrected chi connectivity index (χ1v) is 7.59. The maximum atomic E-state index is 11.1. The molecule has 0 aliphatic rings. The summed E-state index contributed by atoms with van der Waals surface area (Å²) in [5.41, 5.74) is 1.97. The van der Waals surface area contributed by atoms with Crippen molar-refractivity contribution in [2.75, 3.05) is 13.1 Å². The van der Waals surface area contributed by atoms with Crippen molar-refractivity contribution >= 4 is 12.0 Å². The van der Waals surface area contributed by atoms with Gasteiger partial charge in [0.1, 0.15) is 11.3 Å². The van der Waals surface area contributed by atoms with Crippen LogP contribution in [0.15, 0.2) is 54.6 Å². The average Bonchev–Trinajstić information content (AvgIpc) is 2.56. The monoisotopic (exact) mass is 311 g/mol. The van der Waals surface area contributed by atoms with E-state index in [0.29, 0.717) is 6.54 Å². The lowest BCUT2D eigenvalue weighted by molar-refractivity contribution is 0.0693. The molecule has 0 aliphatic carbocycles. The van der Waals surface area contributed by atoms with Crippen LogP contribution in [-0.2, 0) is 6.54 Å². The summed E-state index contributed by atoms with van der Waals surface area (Å²) in [6.45, 7) is 4.32. The summed E-state index contributed by atoms with van der Waals surface area (Å²) in [5.74, 6) is -1.32. The van der Waals surface area contributed by atoms with Gasteiger partial charge in [0.25, 0.3) is 0 Å². The topological polar surface area (TPSA) is 60.8 Å². The number of hydrogen-bond acceptors (Lipinski definition) is 3. The number of aromatic carboxylic acids is 1. The summed E-state index contributed by atoms with van der Waals surface area (Å²) in [5, 5.41) is 18.6. The van der Waals surface area contributed by atoms with Gasteiger partial charge in [0.15, 0.2) is 0 Å². The van der Waals surface area contributed by atoms with Gasteiger partial charge >= 0.3 is 5.97 Å². The van der Waals surface area contributed by atoms with Gasteiger partial charge in [-0.1, -0.05) is 55.5 Å². The number of carboxylic acids is 1. The van der Waals surface area contributed by atoms with E-state index < -0.39 is 5.97 Å². The van der Waals surface area contributed by atoms with Gasteiger partial charge in [-0.05, 0) is 29.8 Å². The van der Waals surface area contributed by atoms with Crippen LogP contribution in [0.1, 0.15) is 28.4 Å². The molecule has 2 N–H and O–H groups in total. The molecule has 0 radical (unpaired) electrons. The Balaban J connectivity index is 2.01. The van der Waals surface area contributed by atoms with Crippen LogP contribution in [0.2, 0.25) is 0 Å². The molecule has 2 aromatic rings. The maximum absolute atomic E-state index is 11.1. The van der Waals surface area contributed by atoms with Crippen LogP contribution >= 0.6 is 0 Å². The Kier molecular flexibility index (Phi) is 5.94.